The Bertz CT molecular complexity index is 383. The maximum absolute atomic E-state index is 12.7. The Hall–Kier alpha value is -0.170. The van der Waals surface area contributed by atoms with Gasteiger partial charge in [-0.05, 0) is 38.1 Å². The van der Waals surface area contributed by atoms with Crippen LogP contribution in [0.2, 0.25) is 0 Å². The van der Waals surface area contributed by atoms with E-state index in [2.05, 4.69) is 0 Å². The second-order valence-corrected chi connectivity index (χ2v) is 8.24. The molecule has 1 saturated heterocycles. The second kappa shape index (κ2) is 7.20. The van der Waals surface area contributed by atoms with Gasteiger partial charge in [0.15, 0.2) is 0 Å². The number of rotatable bonds is 4. The maximum atomic E-state index is 12.7. The third-order valence-corrected chi connectivity index (χ3v) is 6.98. The van der Waals surface area contributed by atoms with Gasteiger partial charge < -0.3 is 5.73 Å². The van der Waals surface area contributed by atoms with Gasteiger partial charge in [0.25, 0.3) is 10.2 Å². The number of hydrogen-bond acceptors (Lipinski definition) is 3. The van der Waals surface area contributed by atoms with Gasteiger partial charge in [-0.2, -0.15) is 17.0 Å². The van der Waals surface area contributed by atoms with Crippen molar-refractivity contribution in [2.45, 2.75) is 57.4 Å². The molecule has 0 radical (unpaired) electrons. The topological polar surface area (TPSA) is 66.6 Å². The third-order valence-electron chi connectivity index (χ3n) is 4.94. The number of nitrogens with two attached hydrogens (primary N) is 1. The Kier molecular flexibility index (Phi) is 5.84. The van der Waals surface area contributed by atoms with Gasteiger partial charge in [0.05, 0.1) is 0 Å². The fourth-order valence-corrected chi connectivity index (χ4v) is 4.99. The molecule has 0 unspecified atom stereocenters. The first kappa shape index (κ1) is 16.2. The lowest BCUT2D eigenvalue weighted by molar-refractivity contribution is 0.245. The van der Waals surface area contributed by atoms with E-state index in [1.54, 1.807) is 15.7 Å². The van der Waals surface area contributed by atoms with Crippen molar-refractivity contribution in [2.24, 2.45) is 11.7 Å². The van der Waals surface area contributed by atoms with E-state index in [1.807, 2.05) is 0 Å². The van der Waals surface area contributed by atoms with Crippen LogP contribution in [-0.2, 0) is 10.2 Å². The first-order chi connectivity index (χ1) is 9.55. The molecule has 0 amide bonds. The van der Waals surface area contributed by atoms with Crippen molar-refractivity contribution in [3.63, 3.8) is 0 Å². The van der Waals surface area contributed by atoms with Gasteiger partial charge in [-0.1, -0.05) is 25.7 Å². The highest BCUT2D eigenvalue weighted by atomic mass is 32.2. The number of hydrogen-bond donors (Lipinski definition) is 1. The molecule has 20 heavy (non-hydrogen) atoms. The van der Waals surface area contributed by atoms with Crippen LogP contribution in [0.25, 0.3) is 0 Å². The van der Waals surface area contributed by atoms with Crippen LogP contribution in [0, 0.1) is 5.92 Å². The standard InChI is InChI=1S/C14H29N3O2S/c1-16(14-6-4-2-3-5-7-14)20(18,19)17-10-8-13(12-15)9-11-17/h13-14H,2-12,15H2,1H3. The minimum absolute atomic E-state index is 0.190. The SMILES string of the molecule is CN(C1CCCCCC1)S(=O)(=O)N1CCC(CN)CC1. The van der Waals surface area contributed by atoms with E-state index in [0.29, 0.717) is 25.6 Å². The highest BCUT2D eigenvalue weighted by Crippen LogP contribution is 2.26. The van der Waals surface area contributed by atoms with Crippen molar-refractivity contribution in [3.8, 4) is 0 Å². The lowest BCUT2D eigenvalue weighted by Crippen LogP contribution is -2.49. The van der Waals surface area contributed by atoms with E-state index in [4.69, 9.17) is 5.73 Å². The lowest BCUT2D eigenvalue weighted by atomic mass is 9.99. The zero-order chi connectivity index (χ0) is 14.6. The van der Waals surface area contributed by atoms with Crippen molar-refractivity contribution < 1.29 is 8.42 Å². The van der Waals surface area contributed by atoms with Crippen LogP contribution in [0.5, 0.6) is 0 Å². The molecule has 2 N–H and O–H groups in total. The summed E-state index contributed by atoms with van der Waals surface area (Å²) in [5.41, 5.74) is 5.67. The van der Waals surface area contributed by atoms with Gasteiger partial charge in [0, 0.05) is 26.2 Å². The molecule has 1 aliphatic carbocycles. The molecule has 0 spiro atoms. The Morgan fingerprint density at radius 3 is 2.10 bits per heavy atom. The molecular weight excluding hydrogens is 274 g/mol. The van der Waals surface area contributed by atoms with E-state index in [0.717, 1.165) is 38.5 Å². The van der Waals surface area contributed by atoms with Crippen molar-refractivity contribution >= 4 is 10.2 Å². The van der Waals surface area contributed by atoms with Crippen molar-refractivity contribution in [2.75, 3.05) is 26.7 Å². The molecule has 0 aromatic heterocycles. The molecule has 0 bridgehead atoms. The minimum Gasteiger partial charge on any atom is -0.330 e. The first-order valence-corrected chi connectivity index (χ1v) is 9.38. The van der Waals surface area contributed by atoms with Gasteiger partial charge in [0.2, 0.25) is 0 Å². The van der Waals surface area contributed by atoms with Crippen LogP contribution in [0.3, 0.4) is 0 Å². The zero-order valence-corrected chi connectivity index (χ0v) is 13.4. The molecule has 0 aromatic rings. The Balaban J connectivity index is 1.98. The summed E-state index contributed by atoms with van der Waals surface area (Å²) < 4.78 is 28.7. The van der Waals surface area contributed by atoms with Gasteiger partial charge in [-0.3, -0.25) is 0 Å². The summed E-state index contributed by atoms with van der Waals surface area (Å²) in [4.78, 5) is 0. The summed E-state index contributed by atoms with van der Waals surface area (Å²) in [6.45, 7) is 1.93. The van der Waals surface area contributed by atoms with E-state index >= 15 is 0 Å². The van der Waals surface area contributed by atoms with Crippen LogP contribution >= 0.6 is 0 Å². The molecule has 1 aliphatic heterocycles. The van der Waals surface area contributed by atoms with Gasteiger partial charge >= 0.3 is 0 Å². The number of piperidine rings is 1. The fraction of sp³-hybridized carbons (Fsp3) is 1.00. The lowest BCUT2D eigenvalue weighted by Gasteiger charge is -2.36. The number of nitrogens with zero attached hydrogens (tertiary/aromatic N) is 2. The first-order valence-electron chi connectivity index (χ1n) is 7.99. The minimum atomic E-state index is -3.28. The van der Waals surface area contributed by atoms with E-state index < -0.39 is 10.2 Å². The smallest absolute Gasteiger partial charge is 0.281 e. The van der Waals surface area contributed by atoms with E-state index in [1.165, 1.54) is 12.8 Å². The van der Waals surface area contributed by atoms with E-state index in [-0.39, 0.29) is 6.04 Å². The summed E-state index contributed by atoms with van der Waals surface area (Å²) in [7, 11) is -1.52. The van der Waals surface area contributed by atoms with Crippen LogP contribution in [0.15, 0.2) is 0 Å². The highest BCUT2D eigenvalue weighted by Gasteiger charge is 2.34. The summed E-state index contributed by atoms with van der Waals surface area (Å²) in [6.07, 6.45) is 8.60. The molecular formula is C14H29N3O2S. The molecule has 2 rings (SSSR count). The van der Waals surface area contributed by atoms with Crippen LogP contribution in [-0.4, -0.2) is 49.8 Å². The van der Waals surface area contributed by atoms with E-state index in [9.17, 15) is 8.42 Å². The molecule has 0 atom stereocenters. The second-order valence-electron chi connectivity index (χ2n) is 6.25. The summed E-state index contributed by atoms with van der Waals surface area (Å²) >= 11 is 0. The summed E-state index contributed by atoms with van der Waals surface area (Å²) in [5, 5.41) is 0. The monoisotopic (exact) mass is 303 g/mol. The average molecular weight is 303 g/mol. The average Bonchev–Trinajstić information content (AvgIpc) is 2.75. The van der Waals surface area contributed by atoms with Crippen LogP contribution < -0.4 is 5.73 Å². The fourth-order valence-electron chi connectivity index (χ4n) is 3.37. The largest absolute Gasteiger partial charge is 0.330 e. The summed E-state index contributed by atoms with van der Waals surface area (Å²) in [6, 6.07) is 0.190. The molecule has 2 aliphatic rings. The predicted molar refractivity (Wildman–Crippen MR) is 81.5 cm³/mol. The van der Waals surface area contributed by atoms with Gasteiger partial charge in [0.1, 0.15) is 0 Å². The molecule has 1 saturated carbocycles. The van der Waals surface area contributed by atoms with Crippen molar-refractivity contribution in [1.82, 2.24) is 8.61 Å². The zero-order valence-electron chi connectivity index (χ0n) is 12.6. The molecule has 1 heterocycles. The Morgan fingerprint density at radius 1 is 1.05 bits per heavy atom. The van der Waals surface area contributed by atoms with Crippen LogP contribution in [0.1, 0.15) is 51.4 Å². The Labute approximate surface area is 123 Å². The normalized spacial score (nSPS) is 24.9. The van der Waals surface area contributed by atoms with Crippen LogP contribution in [0.4, 0.5) is 0 Å². The molecule has 0 aromatic carbocycles. The van der Waals surface area contributed by atoms with Crippen molar-refractivity contribution in [1.29, 1.82) is 0 Å². The third kappa shape index (κ3) is 3.72. The van der Waals surface area contributed by atoms with Crippen molar-refractivity contribution in [3.05, 3.63) is 0 Å². The highest BCUT2D eigenvalue weighted by molar-refractivity contribution is 7.86. The molecule has 118 valence electrons. The Morgan fingerprint density at radius 2 is 1.60 bits per heavy atom. The van der Waals surface area contributed by atoms with Gasteiger partial charge in [-0.15, -0.1) is 0 Å². The van der Waals surface area contributed by atoms with Gasteiger partial charge in [-0.25, -0.2) is 0 Å². The molecule has 2 fully saturated rings. The predicted octanol–water partition coefficient (Wildman–Crippen LogP) is 1.56. The molecule has 6 heteroatoms. The maximum Gasteiger partial charge on any atom is 0.281 e. The summed E-state index contributed by atoms with van der Waals surface area (Å²) in [5.74, 6) is 0.490. The molecule has 5 nitrogen and oxygen atoms in total. The quantitative estimate of drug-likeness (QED) is 0.801.